The van der Waals surface area contributed by atoms with Crippen molar-refractivity contribution in [1.82, 2.24) is 16.0 Å². The van der Waals surface area contributed by atoms with Crippen LogP contribution < -0.4 is 33.2 Å². The Morgan fingerprint density at radius 2 is 1.61 bits per heavy atom. The molecule has 0 spiro atoms. The van der Waals surface area contributed by atoms with Gasteiger partial charge >= 0.3 is 5.97 Å². The summed E-state index contributed by atoms with van der Waals surface area (Å²) in [5.41, 5.74) is 16.9. The molecule has 5 atom stereocenters. The molecule has 0 aliphatic rings. The maximum atomic E-state index is 13.3. The Kier molecular flexibility index (Phi) is 14.0. The van der Waals surface area contributed by atoms with E-state index in [1.54, 1.807) is 19.1 Å². The lowest BCUT2D eigenvalue weighted by molar-refractivity contribution is -0.142. The van der Waals surface area contributed by atoms with Crippen LogP contribution in [0.25, 0.3) is 0 Å². The second-order valence-corrected chi connectivity index (χ2v) is 9.31. The monoisotopic (exact) mass is 553 g/mol. The van der Waals surface area contributed by atoms with Crippen molar-refractivity contribution in [1.29, 1.82) is 0 Å². The van der Waals surface area contributed by atoms with Gasteiger partial charge in [-0.25, -0.2) is 4.79 Å². The van der Waals surface area contributed by atoms with Crippen LogP contribution in [0, 0.1) is 5.92 Å². The van der Waals surface area contributed by atoms with E-state index < -0.39 is 47.9 Å². The number of phenols is 1. The lowest BCUT2D eigenvalue weighted by atomic mass is 9.96. The van der Waals surface area contributed by atoms with E-state index in [-0.39, 0.29) is 49.2 Å². The molecule has 0 aliphatic heterocycles. The summed E-state index contributed by atoms with van der Waals surface area (Å²) < 4.78 is 0. The molecule has 0 bridgehead atoms. The predicted molar refractivity (Wildman–Crippen MR) is 146 cm³/mol. The number of carboxylic acid groups (broad SMARTS) is 1. The van der Waals surface area contributed by atoms with Crippen LogP contribution in [0.2, 0.25) is 0 Å². The smallest absolute Gasteiger partial charge is 0.326 e. The van der Waals surface area contributed by atoms with Crippen molar-refractivity contribution in [2.45, 2.75) is 63.7 Å². The van der Waals surface area contributed by atoms with Crippen molar-refractivity contribution in [3.8, 4) is 5.75 Å². The highest BCUT2D eigenvalue weighted by molar-refractivity contribution is 7.80. The number of amides is 3. The minimum Gasteiger partial charge on any atom is -0.508 e. The Balaban J connectivity index is 3.14. The minimum atomic E-state index is -1.26. The van der Waals surface area contributed by atoms with E-state index in [1.165, 1.54) is 12.1 Å². The number of rotatable bonds is 16. The molecule has 0 fully saturated rings. The van der Waals surface area contributed by atoms with Gasteiger partial charge in [-0.2, -0.15) is 12.6 Å². The predicted octanol–water partition coefficient (Wildman–Crippen LogP) is -1.17. The zero-order valence-corrected chi connectivity index (χ0v) is 22.5. The third-order valence-corrected chi connectivity index (χ3v) is 6.29. The Bertz CT molecular complexity index is 972. The van der Waals surface area contributed by atoms with E-state index >= 15 is 0 Å². The number of aliphatic carboxylic acids is 1. The van der Waals surface area contributed by atoms with Crippen LogP contribution in [0.15, 0.2) is 29.3 Å². The highest BCUT2D eigenvalue weighted by atomic mass is 32.1. The molecule has 0 saturated carbocycles. The molecular weight excluding hydrogens is 514 g/mol. The fourth-order valence-electron chi connectivity index (χ4n) is 3.42. The van der Waals surface area contributed by atoms with Crippen molar-refractivity contribution >= 4 is 42.3 Å². The Hall–Kier alpha value is -3.52. The third-order valence-electron chi connectivity index (χ3n) is 5.90. The maximum Gasteiger partial charge on any atom is 0.326 e. The van der Waals surface area contributed by atoms with E-state index in [9.17, 15) is 29.4 Å². The largest absolute Gasteiger partial charge is 0.508 e. The molecular formula is C24H39N7O6S. The van der Waals surface area contributed by atoms with Crippen molar-refractivity contribution in [3.05, 3.63) is 29.8 Å². The summed E-state index contributed by atoms with van der Waals surface area (Å²) in [6.07, 6.45) is 0.873. The third kappa shape index (κ3) is 11.3. The molecule has 0 radical (unpaired) electrons. The first-order chi connectivity index (χ1) is 17.9. The number of aliphatic imine (C=N–C) groups is 1. The molecule has 38 heavy (non-hydrogen) atoms. The van der Waals surface area contributed by atoms with Gasteiger partial charge in [0.25, 0.3) is 0 Å². The van der Waals surface area contributed by atoms with Gasteiger partial charge in [0, 0.05) is 18.7 Å². The summed E-state index contributed by atoms with van der Waals surface area (Å²) >= 11 is 4.01. The number of thiol groups is 1. The number of nitrogens with one attached hydrogen (secondary N) is 3. The number of carbonyl (C=O) groups excluding carboxylic acids is 3. The maximum absolute atomic E-state index is 13.3. The van der Waals surface area contributed by atoms with Gasteiger partial charge in [-0.15, -0.1) is 0 Å². The number of hydrogen-bond donors (Lipinski definition) is 9. The van der Waals surface area contributed by atoms with Gasteiger partial charge in [-0.1, -0.05) is 32.4 Å². The van der Waals surface area contributed by atoms with Gasteiger partial charge in [-0.3, -0.25) is 19.4 Å². The number of carboxylic acids is 1. The molecule has 212 valence electrons. The first kappa shape index (κ1) is 32.5. The van der Waals surface area contributed by atoms with E-state index in [1.807, 2.05) is 6.92 Å². The number of phenolic OH excluding ortho intramolecular Hbond substituents is 1. The van der Waals surface area contributed by atoms with Gasteiger partial charge in [0.05, 0.1) is 6.04 Å². The number of carbonyl (C=O) groups is 4. The summed E-state index contributed by atoms with van der Waals surface area (Å²) in [5, 5.41) is 26.9. The van der Waals surface area contributed by atoms with Crippen LogP contribution in [-0.4, -0.2) is 76.3 Å². The SMILES string of the molecule is CCC(C)C(NC(=O)C(N)CS)C(=O)NC(Cc1ccc(O)cc1)C(=O)NC(CCCN=C(N)N)C(=O)O. The van der Waals surface area contributed by atoms with Gasteiger partial charge in [0.15, 0.2) is 5.96 Å². The molecule has 1 rings (SSSR count). The average molecular weight is 554 g/mol. The normalized spacial score (nSPS) is 14.7. The average Bonchev–Trinajstić information content (AvgIpc) is 2.88. The molecule has 3 amide bonds. The Morgan fingerprint density at radius 3 is 2.13 bits per heavy atom. The second-order valence-electron chi connectivity index (χ2n) is 8.94. The van der Waals surface area contributed by atoms with Crippen molar-refractivity contribution < 1.29 is 29.4 Å². The first-order valence-electron chi connectivity index (χ1n) is 12.2. The number of aromatic hydroxyl groups is 1. The van der Waals surface area contributed by atoms with Crippen LogP contribution in [-0.2, 0) is 25.6 Å². The van der Waals surface area contributed by atoms with Crippen LogP contribution in [0.3, 0.4) is 0 Å². The van der Waals surface area contributed by atoms with Crippen LogP contribution >= 0.6 is 12.6 Å². The molecule has 11 N–H and O–H groups in total. The highest BCUT2D eigenvalue weighted by Gasteiger charge is 2.32. The molecule has 5 unspecified atom stereocenters. The standard InChI is InChI=1S/C24H39N7O6S/c1-3-13(2)19(31-20(33)16(25)12-38)22(35)30-18(11-14-6-8-15(32)9-7-14)21(34)29-17(23(36)37)5-4-10-28-24(26)27/h6-9,13,16-19,32,38H,3-5,10-12,25H2,1-2H3,(H,29,34)(H,30,35)(H,31,33)(H,36,37)(H4,26,27,28). The van der Waals surface area contributed by atoms with Gasteiger partial charge in [-0.05, 0) is 36.5 Å². The van der Waals surface area contributed by atoms with Crippen LogP contribution in [0.4, 0.5) is 0 Å². The number of guanidine groups is 1. The highest BCUT2D eigenvalue weighted by Crippen LogP contribution is 2.13. The Morgan fingerprint density at radius 1 is 1.00 bits per heavy atom. The zero-order chi connectivity index (χ0) is 28.8. The van der Waals surface area contributed by atoms with Crippen LogP contribution in [0.5, 0.6) is 5.75 Å². The van der Waals surface area contributed by atoms with E-state index in [4.69, 9.17) is 17.2 Å². The lowest BCUT2D eigenvalue weighted by Gasteiger charge is -2.28. The molecule has 0 saturated heterocycles. The molecule has 13 nitrogen and oxygen atoms in total. The molecule has 1 aromatic rings. The number of nitrogens with two attached hydrogens (primary N) is 3. The first-order valence-corrected chi connectivity index (χ1v) is 12.9. The molecule has 0 aliphatic carbocycles. The molecule has 14 heteroatoms. The number of hydrogen-bond acceptors (Lipinski definition) is 8. The van der Waals surface area contributed by atoms with E-state index in [0.29, 0.717) is 12.0 Å². The lowest BCUT2D eigenvalue weighted by Crippen LogP contribution is -2.59. The quantitative estimate of drug-likeness (QED) is 0.0518. The van der Waals surface area contributed by atoms with Crippen molar-refractivity contribution in [2.75, 3.05) is 12.3 Å². The van der Waals surface area contributed by atoms with Gasteiger partial charge in [0.1, 0.15) is 23.9 Å². The summed E-state index contributed by atoms with van der Waals surface area (Å²) in [6.45, 7) is 3.79. The van der Waals surface area contributed by atoms with Crippen molar-refractivity contribution in [3.63, 3.8) is 0 Å². The topological polar surface area (TPSA) is 235 Å². The fraction of sp³-hybridized carbons (Fsp3) is 0.542. The summed E-state index contributed by atoms with van der Waals surface area (Å²) in [6, 6.07) is 1.64. The minimum absolute atomic E-state index is 0.00445. The van der Waals surface area contributed by atoms with E-state index in [2.05, 4.69) is 33.6 Å². The summed E-state index contributed by atoms with van der Waals surface area (Å²) in [5.74, 6) is -3.52. The molecule has 0 aromatic heterocycles. The van der Waals surface area contributed by atoms with E-state index in [0.717, 1.165) is 0 Å². The number of nitrogens with zero attached hydrogens (tertiary/aromatic N) is 1. The molecule has 1 aromatic carbocycles. The fourth-order valence-corrected chi connectivity index (χ4v) is 3.58. The van der Waals surface area contributed by atoms with Gasteiger partial charge < -0.3 is 43.4 Å². The molecule has 0 heterocycles. The van der Waals surface area contributed by atoms with Crippen LogP contribution in [0.1, 0.15) is 38.7 Å². The second kappa shape index (κ2) is 16.3. The summed E-state index contributed by atoms with van der Waals surface area (Å²) in [7, 11) is 0. The van der Waals surface area contributed by atoms with Gasteiger partial charge in [0.2, 0.25) is 17.7 Å². The zero-order valence-electron chi connectivity index (χ0n) is 21.6. The van der Waals surface area contributed by atoms with Crippen molar-refractivity contribution in [2.24, 2.45) is 28.1 Å². The summed E-state index contributed by atoms with van der Waals surface area (Å²) in [4.78, 5) is 54.5. The Labute approximate surface area is 227 Å². The number of benzene rings is 1.